The molecule has 0 aromatic carbocycles. The number of unbranched alkanes of at least 4 members (excludes halogenated alkanes) is 1. The van der Waals surface area contributed by atoms with Gasteiger partial charge >= 0.3 is 0 Å². The van der Waals surface area contributed by atoms with Gasteiger partial charge in [-0.25, -0.2) is 9.97 Å². The molecule has 0 spiro atoms. The fourth-order valence-electron chi connectivity index (χ4n) is 4.86. The summed E-state index contributed by atoms with van der Waals surface area (Å²) in [5, 5.41) is 6.90. The van der Waals surface area contributed by atoms with Crippen LogP contribution in [-0.2, 0) is 4.74 Å². The van der Waals surface area contributed by atoms with E-state index < -0.39 is 0 Å². The lowest BCUT2D eigenvalue weighted by molar-refractivity contribution is 0.122. The van der Waals surface area contributed by atoms with Crippen LogP contribution in [0.15, 0.2) is 24.7 Å². The molecule has 35 heavy (non-hydrogen) atoms. The molecular formula is C25H37N9O. The largest absolute Gasteiger partial charge is 0.378 e. The Balaban J connectivity index is 1.36. The predicted octanol–water partition coefficient (Wildman–Crippen LogP) is 3.67. The number of pyridine rings is 1. The lowest BCUT2D eigenvalue weighted by Crippen LogP contribution is -2.36. The van der Waals surface area contributed by atoms with Crippen LogP contribution in [0.4, 0.5) is 23.3 Å². The van der Waals surface area contributed by atoms with Crippen molar-refractivity contribution < 1.29 is 4.74 Å². The first-order valence-corrected chi connectivity index (χ1v) is 12.9. The highest BCUT2D eigenvalue weighted by Gasteiger charge is 2.22. The van der Waals surface area contributed by atoms with Gasteiger partial charge in [-0.1, -0.05) is 12.8 Å². The van der Waals surface area contributed by atoms with E-state index in [0.717, 1.165) is 74.9 Å². The molecule has 0 atom stereocenters. The minimum absolute atomic E-state index is 0.463. The molecule has 3 aromatic heterocycles. The summed E-state index contributed by atoms with van der Waals surface area (Å²) in [6.07, 6.45) is 10.9. The standard InChI is InChI=1S/C25H37N9O/c1-32(2)12-6-5-11-26-25-30-23(22-24(31-25)34(18-28-22)20-7-3-4-8-20)29-19-9-10-21(27-17-19)33-13-15-35-16-14-33/h9-10,17-18,20H,3-8,11-16H2,1-2H3,(H2,26,29,30,31). The van der Waals surface area contributed by atoms with Crippen molar-refractivity contribution >= 4 is 34.4 Å². The van der Waals surface area contributed by atoms with Crippen LogP contribution < -0.4 is 15.5 Å². The number of imidazole rings is 1. The molecule has 5 rings (SSSR count). The minimum atomic E-state index is 0.463. The maximum Gasteiger partial charge on any atom is 0.226 e. The molecule has 3 aromatic rings. The van der Waals surface area contributed by atoms with Gasteiger partial charge in [0.25, 0.3) is 0 Å². The quantitative estimate of drug-likeness (QED) is 0.422. The third-order valence-corrected chi connectivity index (χ3v) is 6.80. The third kappa shape index (κ3) is 5.82. The number of morpholine rings is 1. The zero-order chi connectivity index (χ0) is 24.0. The first kappa shape index (κ1) is 23.7. The molecule has 1 aliphatic carbocycles. The van der Waals surface area contributed by atoms with Crippen LogP contribution >= 0.6 is 0 Å². The number of nitrogens with zero attached hydrogens (tertiary/aromatic N) is 7. The van der Waals surface area contributed by atoms with Crippen LogP contribution in [0.5, 0.6) is 0 Å². The molecule has 0 bridgehead atoms. The van der Waals surface area contributed by atoms with Crippen molar-refractivity contribution in [2.75, 3.05) is 69.0 Å². The van der Waals surface area contributed by atoms with Crippen molar-refractivity contribution in [3.8, 4) is 0 Å². The summed E-state index contributed by atoms with van der Waals surface area (Å²) in [4.78, 5) is 23.5. The molecule has 0 radical (unpaired) electrons. The van der Waals surface area contributed by atoms with Crippen LogP contribution in [0, 0.1) is 0 Å². The molecule has 10 nitrogen and oxygen atoms in total. The van der Waals surface area contributed by atoms with Gasteiger partial charge in [-0.05, 0) is 58.5 Å². The number of fused-ring (bicyclic) bond motifs is 1. The number of hydrogen-bond acceptors (Lipinski definition) is 9. The van der Waals surface area contributed by atoms with Gasteiger partial charge in [0, 0.05) is 25.7 Å². The SMILES string of the molecule is CN(C)CCCCNc1nc(Nc2ccc(N3CCOCC3)nc2)c2ncn(C3CCCC3)c2n1. The third-order valence-electron chi connectivity index (χ3n) is 6.80. The Morgan fingerprint density at radius 1 is 1.06 bits per heavy atom. The molecule has 1 saturated carbocycles. The highest BCUT2D eigenvalue weighted by molar-refractivity contribution is 5.86. The Bertz CT molecular complexity index is 1090. The van der Waals surface area contributed by atoms with Gasteiger partial charge in [-0.15, -0.1) is 0 Å². The zero-order valence-corrected chi connectivity index (χ0v) is 20.9. The van der Waals surface area contributed by atoms with Crippen LogP contribution in [0.2, 0.25) is 0 Å². The van der Waals surface area contributed by atoms with Gasteiger partial charge in [0.1, 0.15) is 5.82 Å². The molecule has 0 unspecified atom stereocenters. The van der Waals surface area contributed by atoms with Gasteiger partial charge in [0.05, 0.1) is 31.4 Å². The van der Waals surface area contributed by atoms with Crippen molar-refractivity contribution in [2.45, 2.75) is 44.6 Å². The smallest absolute Gasteiger partial charge is 0.226 e. The number of nitrogens with one attached hydrogen (secondary N) is 2. The van der Waals surface area contributed by atoms with Crippen molar-refractivity contribution in [3.63, 3.8) is 0 Å². The number of aromatic nitrogens is 5. The second-order valence-electron chi connectivity index (χ2n) is 9.72. The van der Waals surface area contributed by atoms with Crippen LogP contribution in [0.25, 0.3) is 11.2 Å². The van der Waals surface area contributed by atoms with E-state index >= 15 is 0 Å². The van der Waals surface area contributed by atoms with Gasteiger partial charge < -0.3 is 29.7 Å². The maximum absolute atomic E-state index is 5.45. The molecule has 0 amide bonds. The molecule has 2 fully saturated rings. The first-order chi connectivity index (χ1) is 17.2. The molecular weight excluding hydrogens is 442 g/mol. The van der Waals surface area contributed by atoms with E-state index in [1.165, 1.54) is 25.7 Å². The second-order valence-corrected chi connectivity index (χ2v) is 9.72. The lowest BCUT2D eigenvalue weighted by atomic mass is 10.2. The summed E-state index contributed by atoms with van der Waals surface area (Å²) in [5.41, 5.74) is 2.57. The van der Waals surface area contributed by atoms with Crippen molar-refractivity contribution in [1.82, 2.24) is 29.4 Å². The number of rotatable bonds is 10. The lowest BCUT2D eigenvalue weighted by Gasteiger charge is -2.27. The Morgan fingerprint density at radius 2 is 1.89 bits per heavy atom. The van der Waals surface area contributed by atoms with E-state index in [1.54, 1.807) is 0 Å². The summed E-state index contributed by atoms with van der Waals surface area (Å²) >= 11 is 0. The summed E-state index contributed by atoms with van der Waals surface area (Å²) in [6.45, 7) is 5.15. The van der Waals surface area contributed by atoms with Crippen LogP contribution in [0.3, 0.4) is 0 Å². The molecule has 2 N–H and O–H groups in total. The molecule has 188 valence electrons. The minimum Gasteiger partial charge on any atom is -0.378 e. The highest BCUT2D eigenvalue weighted by atomic mass is 16.5. The van der Waals surface area contributed by atoms with E-state index in [9.17, 15) is 0 Å². The van der Waals surface area contributed by atoms with Gasteiger partial charge in [-0.2, -0.15) is 9.97 Å². The van der Waals surface area contributed by atoms with E-state index in [1.807, 2.05) is 24.7 Å². The van der Waals surface area contributed by atoms with Crippen molar-refractivity contribution in [2.24, 2.45) is 0 Å². The average Bonchev–Trinajstić information content (AvgIpc) is 3.55. The first-order valence-electron chi connectivity index (χ1n) is 12.9. The second kappa shape index (κ2) is 11.2. The van der Waals surface area contributed by atoms with E-state index in [0.29, 0.717) is 17.8 Å². The molecule has 2 aliphatic rings. The molecule has 4 heterocycles. The molecule has 10 heteroatoms. The number of anilines is 4. The predicted molar refractivity (Wildman–Crippen MR) is 140 cm³/mol. The summed E-state index contributed by atoms with van der Waals surface area (Å²) in [6, 6.07) is 4.56. The summed E-state index contributed by atoms with van der Waals surface area (Å²) < 4.78 is 7.70. The molecule has 1 aliphatic heterocycles. The number of hydrogen-bond donors (Lipinski definition) is 2. The van der Waals surface area contributed by atoms with Crippen LogP contribution in [0.1, 0.15) is 44.6 Å². The maximum atomic E-state index is 5.45. The Labute approximate surface area is 207 Å². The topological polar surface area (TPSA) is 96.3 Å². The van der Waals surface area contributed by atoms with E-state index in [2.05, 4.69) is 44.1 Å². The molecule has 1 saturated heterocycles. The fraction of sp³-hybridized carbons (Fsp3) is 0.600. The fourth-order valence-corrected chi connectivity index (χ4v) is 4.86. The Kier molecular flexibility index (Phi) is 7.58. The number of ether oxygens (including phenoxy) is 1. The average molecular weight is 480 g/mol. The summed E-state index contributed by atoms with van der Waals surface area (Å²) in [5.74, 6) is 2.32. The zero-order valence-electron chi connectivity index (χ0n) is 20.9. The highest BCUT2D eigenvalue weighted by Crippen LogP contribution is 2.33. The normalized spacial score (nSPS) is 16.9. The van der Waals surface area contributed by atoms with Gasteiger partial charge in [0.15, 0.2) is 17.0 Å². The van der Waals surface area contributed by atoms with E-state index in [-0.39, 0.29) is 0 Å². The van der Waals surface area contributed by atoms with E-state index in [4.69, 9.17) is 19.7 Å². The van der Waals surface area contributed by atoms with Gasteiger partial charge in [0.2, 0.25) is 5.95 Å². The van der Waals surface area contributed by atoms with Crippen LogP contribution in [-0.4, -0.2) is 82.9 Å². The summed E-state index contributed by atoms with van der Waals surface area (Å²) in [7, 11) is 4.21. The Hall–Kier alpha value is -2.98. The van der Waals surface area contributed by atoms with Gasteiger partial charge in [-0.3, -0.25) is 0 Å². The Morgan fingerprint density at radius 3 is 2.63 bits per heavy atom. The van der Waals surface area contributed by atoms with Crippen molar-refractivity contribution in [1.29, 1.82) is 0 Å². The van der Waals surface area contributed by atoms with Crippen molar-refractivity contribution in [3.05, 3.63) is 24.7 Å². The monoisotopic (exact) mass is 479 g/mol.